The molecule has 4 nitrogen and oxygen atoms in total. The average molecular weight is 448 g/mol. The maximum atomic E-state index is 12.8. The van der Waals surface area contributed by atoms with Gasteiger partial charge in [0.25, 0.3) is 5.91 Å². The number of aromatic amines is 1. The first kappa shape index (κ1) is 18.4. The third-order valence-electron chi connectivity index (χ3n) is 5.30. The fourth-order valence-electron chi connectivity index (χ4n) is 3.81. The Kier molecular flexibility index (Phi) is 5.15. The quantitative estimate of drug-likeness (QED) is 0.567. The lowest BCUT2D eigenvalue weighted by molar-refractivity contribution is 0.0713. The number of fused-ring (bicyclic) bond motifs is 1. The van der Waals surface area contributed by atoms with Gasteiger partial charge in [0.05, 0.1) is 17.7 Å². The van der Waals surface area contributed by atoms with Crippen molar-refractivity contribution in [1.82, 2.24) is 9.88 Å². The number of halogens is 2. The number of hydrogen-bond acceptors (Lipinski definition) is 2. The average Bonchev–Trinajstić information content (AvgIpc) is 3.10. The molecule has 0 bridgehead atoms. The lowest BCUT2D eigenvalue weighted by Crippen LogP contribution is -2.38. The van der Waals surface area contributed by atoms with Crippen molar-refractivity contribution in [2.45, 2.75) is 18.8 Å². The van der Waals surface area contributed by atoms with E-state index in [0.29, 0.717) is 16.5 Å². The molecular weight excluding hydrogens is 428 g/mol. The van der Waals surface area contributed by atoms with Crippen LogP contribution in [0.25, 0.3) is 10.9 Å². The minimum absolute atomic E-state index is 0.00606. The fourth-order valence-corrected chi connectivity index (χ4v) is 4.57. The molecule has 2 heterocycles. The first-order chi connectivity index (χ1) is 13.1. The van der Waals surface area contributed by atoms with Crippen molar-refractivity contribution in [3.63, 3.8) is 0 Å². The van der Waals surface area contributed by atoms with Gasteiger partial charge in [-0.15, -0.1) is 0 Å². The number of nitrogens with one attached hydrogen (secondary N) is 1. The summed E-state index contributed by atoms with van der Waals surface area (Å²) in [6, 6.07) is 11.5. The van der Waals surface area contributed by atoms with E-state index in [1.54, 1.807) is 19.2 Å². The first-order valence-electron chi connectivity index (χ1n) is 8.96. The molecule has 27 heavy (non-hydrogen) atoms. The zero-order valence-corrected chi connectivity index (χ0v) is 17.3. The number of benzene rings is 2. The van der Waals surface area contributed by atoms with E-state index < -0.39 is 0 Å². The van der Waals surface area contributed by atoms with Gasteiger partial charge in [-0.1, -0.05) is 27.5 Å². The van der Waals surface area contributed by atoms with Crippen molar-refractivity contribution in [2.75, 3.05) is 20.2 Å². The molecule has 0 saturated carbocycles. The van der Waals surface area contributed by atoms with Crippen molar-refractivity contribution in [1.29, 1.82) is 0 Å². The predicted molar refractivity (Wildman–Crippen MR) is 112 cm³/mol. The van der Waals surface area contributed by atoms with Gasteiger partial charge < -0.3 is 14.6 Å². The zero-order chi connectivity index (χ0) is 19.0. The SMILES string of the molecule is COc1ccc2[nH]cc(C3CCN(C(=O)c4ccc(Br)cc4Cl)CC3)c2c1. The van der Waals surface area contributed by atoms with E-state index in [2.05, 4.69) is 33.2 Å². The van der Waals surface area contributed by atoms with Crippen molar-refractivity contribution >= 4 is 44.3 Å². The van der Waals surface area contributed by atoms with Gasteiger partial charge in [-0.2, -0.15) is 0 Å². The first-order valence-corrected chi connectivity index (χ1v) is 10.1. The van der Waals surface area contributed by atoms with E-state index in [0.717, 1.165) is 41.7 Å². The Morgan fingerprint density at radius 1 is 1.22 bits per heavy atom. The monoisotopic (exact) mass is 446 g/mol. The van der Waals surface area contributed by atoms with Crippen LogP contribution >= 0.6 is 27.5 Å². The summed E-state index contributed by atoms with van der Waals surface area (Å²) in [5.41, 5.74) is 2.98. The molecule has 0 aliphatic carbocycles. The highest BCUT2D eigenvalue weighted by molar-refractivity contribution is 9.10. The minimum Gasteiger partial charge on any atom is -0.497 e. The highest BCUT2D eigenvalue weighted by Crippen LogP contribution is 2.35. The largest absolute Gasteiger partial charge is 0.497 e. The second-order valence-corrected chi connectivity index (χ2v) is 8.17. The Balaban J connectivity index is 1.50. The molecule has 1 aliphatic heterocycles. The zero-order valence-electron chi connectivity index (χ0n) is 15.0. The smallest absolute Gasteiger partial charge is 0.255 e. The molecule has 6 heteroatoms. The van der Waals surface area contributed by atoms with E-state index in [-0.39, 0.29) is 5.91 Å². The molecule has 1 saturated heterocycles. The third kappa shape index (κ3) is 3.58. The highest BCUT2D eigenvalue weighted by atomic mass is 79.9. The Hall–Kier alpha value is -1.98. The normalized spacial score (nSPS) is 15.3. The van der Waals surface area contributed by atoms with Crippen LogP contribution in [0.3, 0.4) is 0 Å². The molecular formula is C21H20BrClN2O2. The fraction of sp³-hybridized carbons (Fsp3) is 0.286. The van der Waals surface area contributed by atoms with Crippen LogP contribution in [0.1, 0.15) is 34.7 Å². The van der Waals surface area contributed by atoms with Crippen LogP contribution in [-0.2, 0) is 0 Å². The molecule has 140 valence electrons. The van der Waals surface area contributed by atoms with Crippen molar-refractivity contribution in [3.05, 3.63) is 63.2 Å². The molecule has 4 rings (SSSR count). The van der Waals surface area contributed by atoms with Crippen LogP contribution in [0.15, 0.2) is 47.1 Å². The molecule has 0 radical (unpaired) electrons. The van der Waals surface area contributed by atoms with Gasteiger partial charge >= 0.3 is 0 Å². The second kappa shape index (κ2) is 7.56. The van der Waals surface area contributed by atoms with E-state index in [1.807, 2.05) is 23.1 Å². The number of nitrogens with zero attached hydrogens (tertiary/aromatic N) is 1. The molecule has 2 aromatic carbocycles. The number of amides is 1. The lowest BCUT2D eigenvalue weighted by Gasteiger charge is -2.32. The van der Waals surface area contributed by atoms with Gasteiger partial charge in [-0.3, -0.25) is 4.79 Å². The summed E-state index contributed by atoms with van der Waals surface area (Å²) < 4.78 is 6.24. The molecule has 3 aromatic rings. The van der Waals surface area contributed by atoms with Crippen LogP contribution in [-0.4, -0.2) is 36.0 Å². The number of carbonyl (C=O) groups excluding carboxylic acids is 1. The molecule has 0 spiro atoms. The number of likely N-dealkylation sites (tertiary alicyclic amines) is 1. The van der Waals surface area contributed by atoms with Crippen LogP contribution in [0.5, 0.6) is 5.75 Å². The summed E-state index contributed by atoms with van der Waals surface area (Å²) in [6.07, 6.45) is 3.96. The van der Waals surface area contributed by atoms with Gasteiger partial charge in [-0.05, 0) is 60.7 Å². The number of methoxy groups -OCH3 is 1. The van der Waals surface area contributed by atoms with Gasteiger partial charge in [0.15, 0.2) is 0 Å². The van der Waals surface area contributed by atoms with E-state index in [9.17, 15) is 4.79 Å². The van der Waals surface area contributed by atoms with Gasteiger partial charge in [0, 0.05) is 34.7 Å². The topological polar surface area (TPSA) is 45.3 Å². The predicted octanol–water partition coefficient (Wildman–Crippen LogP) is 5.61. The number of H-pyrrole nitrogens is 1. The van der Waals surface area contributed by atoms with Crippen molar-refractivity contribution in [2.24, 2.45) is 0 Å². The number of piperidine rings is 1. The molecule has 1 N–H and O–H groups in total. The van der Waals surface area contributed by atoms with Gasteiger partial charge in [0.1, 0.15) is 5.75 Å². The highest BCUT2D eigenvalue weighted by Gasteiger charge is 2.27. The summed E-state index contributed by atoms with van der Waals surface area (Å²) in [5.74, 6) is 1.29. The number of rotatable bonds is 3. The molecule has 0 atom stereocenters. The van der Waals surface area contributed by atoms with E-state index in [4.69, 9.17) is 16.3 Å². The summed E-state index contributed by atoms with van der Waals surface area (Å²) in [7, 11) is 1.69. The molecule has 1 fully saturated rings. The number of ether oxygens (including phenoxy) is 1. The summed E-state index contributed by atoms with van der Waals surface area (Å²) in [5, 5.41) is 1.69. The Bertz CT molecular complexity index is 993. The Morgan fingerprint density at radius 2 is 2.00 bits per heavy atom. The third-order valence-corrected chi connectivity index (χ3v) is 6.11. The van der Waals surface area contributed by atoms with Gasteiger partial charge in [0.2, 0.25) is 0 Å². The summed E-state index contributed by atoms with van der Waals surface area (Å²) >= 11 is 9.63. The Morgan fingerprint density at radius 3 is 2.70 bits per heavy atom. The summed E-state index contributed by atoms with van der Waals surface area (Å²) in [4.78, 5) is 18.1. The second-order valence-electron chi connectivity index (χ2n) is 6.85. The van der Waals surface area contributed by atoms with Gasteiger partial charge in [-0.25, -0.2) is 0 Å². The lowest BCUT2D eigenvalue weighted by atomic mass is 9.89. The maximum Gasteiger partial charge on any atom is 0.255 e. The maximum absolute atomic E-state index is 12.8. The molecule has 1 amide bonds. The standard InChI is InChI=1S/C21H20BrClN2O2/c1-27-15-3-5-20-17(11-15)18(12-24-20)13-6-8-25(9-7-13)21(26)16-4-2-14(22)10-19(16)23/h2-5,10-13,24H,6-9H2,1H3. The van der Waals surface area contributed by atoms with E-state index in [1.165, 1.54) is 10.9 Å². The molecule has 1 aromatic heterocycles. The Labute approximate surface area is 171 Å². The van der Waals surface area contributed by atoms with Crippen LogP contribution in [0.4, 0.5) is 0 Å². The molecule has 0 unspecified atom stereocenters. The van der Waals surface area contributed by atoms with Crippen LogP contribution in [0.2, 0.25) is 5.02 Å². The molecule has 1 aliphatic rings. The number of aromatic nitrogens is 1. The van der Waals surface area contributed by atoms with Crippen LogP contribution < -0.4 is 4.74 Å². The summed E-state index contributed by atoms with van der Waals surface area (Å²) in [6.45, 7) is 1.46. The number of carbonyl (C=O) groups is 1. The van der Waals surface area contributed by atoms with Crippen molar-refractivity contribution < 1.29 is 9.53 Å². The van der Waals surface area contributed by atoms with Crippen molar-refractivity contribution in [3.8, 4) is 5.75 Å². The van der Waals surface area contributed by atoms with Crippen LogP contribution in [0, 0.1) is 0 Å². The van der Waals surface area contributed by atoms with E-state index >= 15 is 0 Å². The number of hydrogen-bond donors (Lipinski definition) is 1. The minimum atomic E-state index is 0.00606.